The average Bonchev–Trinajstić information content (AvgIpc) is 2.68. The Bertz CT molecular complexity index is 792. The smallest absolute Gasteiger partial charge is 0.410 e. The van der Waals surface area contributed by atoms with Crippen molar-refractivity contribution in [1.82, 2.24) is 14.9 Å². The first kappa shape index (κ1) is 22.2. The third kappa shape index (κ3) is 5.36. The topological polar surface area (TPSA) is 107 Å². The molecule has 166 valence electrons. The summed E-state index contributed by atoms with van der Waals surface area (Å²) in [6.45, 7) is 7.49. The summed E-state index contributed by atoms with van der Waals surface area (Å²) in [5.41, 5.74) is 8.72. The summed E-state index contributed by atoms with van der Waals surface area (Å²) in [6.07, 6.45) is 5.79. The SMILES string of the molecule is Cc1nc(/C(N)=C(\COC(=O)N2CC(C)(C)C2)N(C)N)ccc1OC1CCCCC1. The molecule has 1 saturated heterocycles. The van der Waals surface area contributed by atoms with Gasteiger partial charge in [0.1, 0.15) is 12.4 Å². The molecule has 3 rings (SSSR count). The maximum absolute atomic E-state index is 12.2. The first-order valence-corrected chi connectivity index (χ1v) is 10.7. The van der Waals surface area contributed by atoms with Crippen LogP contribution in [-0.2, 0) is 4.74 Å². The molecule has 1 aromatic rings. The molecule has 0 unspecified atom stereocenters. The fourth-order valence-electron chi connectivity index (χ4n) is 4.04. The summed E-state index contributed by atoms with van der Waals surface area (Å²) in [5.74, 6) is 6.74. The van der Waals surface area contributed by atoms with Crippen LogP contribution in [0.5, 0.6) is 5.75 Å². The summed E-state index contributed by atoms with van der Waals surface area (Å²) < 4.78 is 11.6. The Labute approximate surface area is 179 Å². The van der Waals surface area contributed by atoms with Crippen molar-refractivity contribution < 1.29 is 14.3 Å². The van der Waals surface area contributed by atoms with Gasteiger partial charge in [0, 0.05) is 25.6 Å². The highest BCUT2D eigenvalue weighted by Crippen LogP contribution is 2.29. The van der Waals surface area contributed by atoms with Gasteiger partial charge >= 0.3 is 6.09 Å². The molecule has 2 heterocycles. The molecular formula is C22H35N5O3. The molecule has 1 aromatic heterocycles. The highest BCUT2D eigenvalue weighted by molar-refractivity contribution is 5.70. The molecule has 4 N–H and O–H groups in total. The number of carbonyl (C=O) groups excluding carboxylic acids is 1. The summed E-state index contributed by atoms with van der Waals surface area (Å²) in [4.78, 5) is 18.5. The van der Waals surface area contributed by atoms with Crippen molar-refractivity contribution in [3.05, 3.63) is 29.2 Å². The molecule has 0 aromatic carbocycles. The molecular weight excluding hydrogens is 382 g/mol. The van der Waals surface area contributed by atoms with Gasteiger partial charge < -0.3 is 25.1 Å². The second-order valence-corrected chi connectivity index (χ2v) is 9.20. The quantitative estimate of drug-likeness (QED) is 0.541. The van der Waals surface area contributed by atoms with E-state index >= 15 is 0 Å². The first-order chi connectivity index (χ1) is 14.2. The van der Waals surface area contributed by atoms with Crippen molar-refractivity contribution >= 4 is 11.8 Å². The normalized spacial score (nSPS) is 19.6. The number of hydrogen-bond donors (Lipinski definition) is 2. The number of likely N-dealkylation sites (tertiary alicyclic amines) is 1. The fraction of sp³-hybridized carbons (Fsp3) is 0.636. The van der Waals surface area contributed by atoms with E-state index in [-0.39, 0.29) is 24.2 Å². The number of rotatable bonds is 6. The number of pyridine rings is 1. The van der Waals surface area contributed by atoms with Crippen LogP contribution in [0.15, 0.2) is 17.8 Å². The minimum atomic E-state index is -0.359. The number of hydrazine groups is 1. The predicted octanol–water partition coefficient (Wildman–Crippen LogP) is 3.01. The zero-order valence-electron chi connectivity index (χ0n) is 18.6. The molecule has 30 heavy (non-hydrogen) atoms. The Morgan fingerprint density at radius 3 is 2.50 bits per heavy atom. The summed E-state index contributed by atoms with van der Waals surface area (Å²) in [6, 6.07) is 3.73. The van der Waals surface area contributed by atoms with E-state index in [1.165, 1.54) is 24.3 Å². The number of carbonyl (C=O) groups is 1. The number of ether oxygens (including phenoxy) is 2. The van der Waals surface area contributed by atoms with Crippen LogP contribution in [-0.4, -0.2) is 53.8 Å². The third-order valence-corrected chi connectivity index (χ3v) is 5.72. The number of nitrogens with two attached hydrogens (primary N) is 2. The van der Waals surface area contributed by atoms with Crippen molar-refractivity contribution in [3.8, 4) is 5.75 Å². The van der Waals surface area contributed by atoms with Gasteiger partial charge in [-0.3, -0.25) is 0 Å². The maximum Gasteiger partial charge on any atom is 0.410 e. The summed E-state index contributed by atoms with van der Waals surface area (Å²) in [7, 11) is 1.66. The molecule has 2 aliphatic rings. The minimum absolute atomic E-state index is 0.0182. The van der Waals surface area contributed by atoms with E-state index in [9.17, 15) is 4.79 Å². The van der Waals surface area contributed by atoms with Crippen molar-refractivity contribution in [1.29, 1.82) is 0 Å². The second kappa shape index (κ2) is 9.12. The monoisotopic (exact) mass is 417 g/mol. The van der Waals surface area contributed by atoms with Gasteiger partial charge in [-0.15, -0.1) is 0 Å². The molecule has 0 spiro atoms. The van der Waals surface area contributed by atoms with Crippen LogP contribution >= 0.6 is 0 Å². The maximum atomic E-state index is 12.2. The van der Waals surface area contributed by atoms with Crippen molar-refractivity contribution in [2.24, 2.45) is 17.0 Å². The molecule has 0 bridgehead atoms. The Kier molecular flexibility index (Phi) is 6.75. The van der Waals surface area contributed by atoms with Gasteiger partial charge in [0.05, 0.1) is 28.9 Å². The van der Waals surface area contributed by atoms with E-state index < -0.39 is 0 Å². The first-order valence-electron chi connectivity index (χ1n) is 10.7. The van der Waals surface area contributed by atoms with Crippen molar-refractivity contribution in [2.75, 3.05) is 26.7 Å². The predicted molar refractivity (Wildman–Crippen MR) is 116 cm³/mol. The lowest BCUT2D eigenvalue weighted by Crippen LogP contribution is -2.55. The third-order valence-electron chi connectivity index (χ3n) is 5.72. The van der Waals surface area contributed by atoms with Crippen LogP contribution < -0.4 is 16.3 Å². The largest absolute Gasteiger partial charge is 0.489 e. The number of amides is 1. The van der Waals surface area contributed by atoms with Crippen LogP contribution in [0.1, 0.15) is 57.3 Å². The molecule has 0 radical (unpaired) electrons. The molecule has 1 saturated carbocycles. The molecule has 1 amide bonds. The number of aryl methyl sites for hydroxylation is 1. The van der Waals surface area contributed by atoms with Gasteiger partial charge in [-0.05, 0) is 44.7 Å². The van der Waals surface area contributed by atoms with Crippen molar-refractivity contribution in [2.45, 2.75) is 59.0 Å². The molecule has 1 aliphatic heterocycles. The standard InChI is InChI=1S/C22H35N5O3/c1-15-19(30-16-8-6-5-7-9-16)11-10-17(25-15)20(23)18(26(4)24)12-29-21(28)27-13-22(2,3)14-27/h10-11,16H,5-9,12-14,23-24H2,1-4H3/b20-18-. The Balaban J connectivity index is 1.67. The van der Waals surface area contributed by atoms with E-state index in [0.29, 0.717) is 30.2 Å². The highest BCUT2D eigenvalue weighted by Gasteiger charge is 2.38. The van der Waals surface area contributed by atoms with Gasteiger partial charge in [0.2, 0.25) is 0 Å². The molecule has 8 heteroatoms. The zero-order valence-corrected chi connectivity index (χ0v) is 18.6. The van der Waals surface area contributed by atoms with Gasteiger partial charge in [-0.2, -0.15) is 0 Å². The van der Waals surface area contributed by atoms with E-state index in [2.05, 4.69) is 18.8 Å². The molecule has 1 aliphatic carbocycles. The molecule has 2 fully saturated rings. The number of nitrogens with zero attached hydrogens (tertiary/aromatic N) is 3. The van der Waals surface area contributed by atoms with Crippen LogP contribution in [0.3, 0.4) is 0 Å². The number of hydrogen-bond acceptors (Lipinski definition) is 7. The molecule has 0 atom stereocenters. The summed E-state index contributed by atoms with van der Waals surface area (Å²) >= 11 is 0. The lowest BCUT2D eigenvalue weighted by molar-refractivity contribution is 0.0185. The highest BCUT2D eigenvalue weighted by atomic mass is 16.6. The van der Waals surface area contributed by atoms with E-state index in [1.807, 2.05) is 19.1 Å². The Morgan fingerprint density at radius 2 is 1.93 bits per heavy atom. The number of likely N-dealkylation sites (N-methyl/N-ethyl adjacent to an activating group) is 1. The van der Waals surface area contributed by atoms with Crippen LogP contribution in [0.4, 0.5) is 4.79 Å². The summed E-state index contributed by atoms with van der Waals surface area (Å²) in [5, 5.41) is 1.37. The fourth-order valence-corrected chi connectivity index (χ4v) is 4.04. The lowest BCUT2D eigenvalue weighted by atomic mass is 9.85. The van der Waals surface area contributed by atoms with Gasteiger partial charge in [-0.25, -0.2) is 15.6 Å². The lowest BCUT2D eigenvalue weighted by Gasteiger charge is -2.44. The molecule has 8 nitrogen and oxygen atoms in total. The van der Waals surface area contributed by atoms with Crippen molar-refractivity contribution in [3.63, 3.8) is 0 Å². The zero-order chi connectivity index (χ0) is 21.9. The van der Waals surface area contributed by atoms with E-state index in [4.69, 9.17) is 21.1 Å². The average molecular weight is 418 g/mol. The number of aromatic nitrogens is 1. The van der Waals surface area contributed by atoms with Crippen LogP contribution in [0.2, 0.25) is 0 Å². The van der Waals surface area contributed by atoms with Gasteiger partial charge in [0.25, 0.3) is 0 Å². The van der Waals surface area contributed by atoms with Gasteiger partial charge in [-0.1, -0.05) is 20.3 Å². The Morgan fingerprint density at radius 1 is 1.27 bits per heavy atom. The Hall–Kier alpha value is -2.48. The van der Waals surface area contributed by atoms with Crippen LogP contribution in [0.25, 0.3) is 5.70 Å². The second-order valence-electron chi connectivity index (χ2n) is 9.20. The van der Waals surface area contributed by atoms with E-state index in [1.54, 1.807) is 11.9 Å². The van der Waals surface area contributed by atoms with E-state index in [0.717, 1.165) is 24.3 Å². The van der Waals surface area contributed by atoms with Gasteiger partial charge in [0.15, 0.2) is 0 Å². The van der Waals surface area contributed by atoms with Crippen LogP contribution in [0, 0.1) is 12.3 Å². The minimum Gasteiger partial charge on any atom is -0.489 e.